The lowest BCUT2D eigenvalue weighted by molar-refractivity contribution is -0.163. The predicted octanol–water partition coefficient (Wildman–Crippen LogP) is 5.26. The van der Waals surface area contributed by atoms with Crippen LogP contribution in [0.4, 0.5) is 0 Å². The second-order valence-electron chi connectivity index (χ2n) is 10.6. The van der Waals surface area contributed by atoms with Crippen LogP contribution in [0.2, 0.25) is 5.02 Å². The molecule has 2 fully saturated rings. The topological polar surface area (TPSA) is 78.0 Å². The monoisotopic (exact) mass is 535 g/mol. The number of benzene rings is 2. The molecule has 200 valence electrons. The van der Waals surface area contributed by atoms with Gasteiger partial charge in [0, 0.05) is 42.9 Å². The number of fused-ring (bicyclic) bond motifs is 1. The molecule has 5 rings (SSSR count). The summed E-state index contributed by atoms with van der Waals surface area (Å²) >= 11 is 6.14. The molecule has 0 aliphatic carbocycles. The quantitative estimate of drug-likeness (QED) is 0.341. The third kappa shape index (κ3) is 5.78. The van der Waals surface area contributed by atoms with E-state index >= 15 is 0 Å². The van der Waals surface area contributed by atoms with E-state index in [-0.39, 0.29) is 30.2 Å². The molecule has 3 aliphatic heterocycles. The number of likely N-dealkylation sites (tertiary alicyclic amines) is 1. The van der Waals surface area contributed by atoms with Crippen molar-refractivity contribution < 1.29 is 19.2 Å². The smallest absolute Gasteiger partial charge is 0.273 e. The van der Waals surface area contributed by atoms with E-state index in [0.717, 1.165) is 72.8 Å². The molecule has 4 amide bonds. The number of carbonyl (C=O) groups excluding carboxylic acids is 4. The van der Waals surface area contributed by atoms with Crippen LogP contribution in [0.15, 0.2) is 42.5 Å². The number of halogens is 1. The fourth-order valence-corrected chi connectivity index (χ4v) is 6.02. The van der Waals surface area contributed by atoms with Crippen molar-refractivity contribution in [2.75, 3.05) is 13.1 Å². The van der Waals surface area contributed by atoms with E-state index in [4.69, 9.17) is 11.6 Å². The van der Waals surface area contributed by atoms with Crippen molar-refractivity contribution in [3.05, 3.63) is 69.7 Å². The molecule has 0 saturated carbocycles. The Hall–Kier alpha value is -3.19. The molecular weight excluding hydrogens is 502 g/mol. The average Bonchev–Trinajstić information content (AvgIpc) is 3.23. The van der Waals surface area contributed by atoms with Gasteiger partial charge in [-0.25, -0.2) is 5.01 Å². The molecular formula is C30H34ClN3O4. The van der Waals surface area contributed by atoms with Gasteiger partial charge in [0.25, 0.3) is 5.91 Å². The normalized spacial score (nSPS) is 18.3. The number of rotatable bonds is 8. The van der Waals surface area contributed by atoms with Gasteiger partial charge in [-0.3, -0.25) is 19.2 Å². The molecule has 0 bridgehead atoms. The van der Waals surface area contributed by atoms with Crippen molar-refractivity contribution in [1.29, 1.82) is 0 Å². The number of carbonyl (C=O) groups is 4. The van der Waals surface area contributed by atoms with Gasteiger partial charge in [0.15, 0.2) is 0 Å². The Morgan fingerprint density at radius 3 is 2.42 bits per heavy atom. The Kier molecular flexibility index (Phi) is 8.12. The molecule has 0 atom stereocenters. The molecule has 2 saturated heterocycles. The second-order valence-corrected chi connectivity index (χ2v) is 11.0. The number of hydrogen-bond donors (Lipinski definition) is 0. The first-order valence-electron chi connectivity index (χ1n) is 13.7. The minimum absolute atomic E-state index is 0.236. The lowest BCUT2D eigenvalue weighted by Gasteiger charge is -2.32. The first-order valence-corrected chi connectivity index (χ1v) is 14.1. The summed E-state index contributed by atoms with van der Waals surface area (Å²) in [4.78, 5) is 52.2. The number of aryl methyl sites for hydroxylation is 1. The van der Waals surface area contributed by atoms with Gasteiger partial charge in [0.2, 0.25) is 17.7 Å². The third-order valence-electron chi connectivity index (χ3n) is 7.98. The summed E-state index contributed by atoms with van der Waals surface area (Å²) in [5, 5.41) is 3.10. The Morgan fingerprint density at radius 2 is 1.68 bits per heavy atom. The van der Waals surface area contributed by atoms with Crippen molar-refractivity contribution in [3.63, 3.8) is 0 Å². The molecule has 3 aliphatic rings. The van der Waals surface area contributed by atoms with Crippen molar-refractivity contribution in [1.82, 2.24) is 14.9 Å². The van der Waals surface area contributed by atoms with Crippen molar-refractivity contribution in [2.45, 2.75) is 76.7 Å². The van der Waals surface area contributed by atoms with Crippen LogP contribution in [0.3, 0.4) is 0 Å². The number of unbranched alkanes of at least 4 members (excludes halogenated alkanes) is 2. The molecule has 2 aromatic rings. The zero-order valence-corrected chi connectivity index (χ0v) is 22.4. The van der Waals surface area contributed by atoms with Gasteiger partial charge in [-0.05, 0) is 79.3 Å². The van der Waals surface area contributed by atoms with Crippen LogP contribution < -0.4 is 0 Å². The molecule has 8 heteroatoms. The first-order chi connectivity index (χ1) is 18.4. The number of amides is 4. The molecule has 38 heavy (non-hydrogen) atoms. The van der Waals surface area contributed by atoms with E-state index in [0.29, 0.717) is 37.2 Å². The number of imide groups is 1. The largest absolute Gasteiger partial charge is 0.343 e. The van der Waals surface area contributed by atoms with Crippen molar-refractivity contribution >= 4 is 35.2 Å². The molecule has 0 radical (unpaired) electrons. The minimum Gasteiger partial charge on any atom is -0.343 e. The second kappa shape index (κ2) is 11.7. The minimum atomic E-state index is -0.303. The number of piperidine rings is 2. The standard InChI is InChI=1S/C30H34ClN3O4/c31-25-8-4-7-23(19-25)22-14-16-32(17-15-22)27(35)9-3-1-2-6-21-12-13-24-20-33(30(38)26(24)18-21)34-28(36)10-5-11-29(34)37/h4,7-8,12-13,18-19,22H,1-3,5-6,9-11,14-17,20H2. The first kappa shape index (κ1) is 26.4. The molecule has 0 aromatic heterocycles. The summed E-state index contributed by atoms with van der Waals surface area (Å²) < 4.78 is 0. The maximum Gasteiger partial charge on any atom is 0.273 e. The van der Waals surface area contributed by atoms with E-state index in [1.54, 1.807) is 0 Å². The van der Waals surface area contributed by atoms with Gasteiger partial charge in [-0.15, -0.1) is 0 Å². The van der Waals surface area contributed by atoms with Gasteiger partial charge in [-0.2, -0.15) is 5.01 Å². The lowest BCUT2D eigenvalue weighted by atomic mass is 9.89. The Balaban J connectivity index is 1.04. The van der Waals surface area contributed by atoms with Crippen LogP contribution in [0.25, 0.3) is 0 Å². The average molecular weight is 536 g/mol. The van der Waals surface area contributed by atoms with Crippen LogP contribution in [-0.4, -0.2) is 51.6 Å². The summed E-state index contributed by atoms with van der Waals surface area (Å²) in [5.41, 5.74) is 3.74. The highest BCUT2D eigenvalue weighted by Gasteiger charge is 2.39. The van der Waals surface area contributed by atoms with Crippen LogP contribution in [-0.2, 0) is 27.3 Å². The molecule has 2 aromatic carbocycles. The highest BCUT2D eigenvalue weighted by atomic mass is 35.5. The SMILES string of the molecule is O=C(CCCCCc1ccc2c(c1)C(=O)N(N1C(=O)CCCC1=O)C2)N1CCC(c2cccc(Cl)c2)CC1. The van der Waals surface area contributed by atoms with E-state index in [1.165, 1.54) is 10.6 Å². The highest BCUT2D eigenvalue weighted by molar-refractivity contribution is 6.30. The van der Waals surface area contributed by atoms with E-state index in [2.05, 4.69) is 6.07 Å². The van der Waals surface area contributed by atoms with Gasteiger partial charge in [0.1, 0.15) is 0 Å². The van der Waals surface area contributed by atoms with E-state index in [9.17, 15) is 19.2 Å². The lowest BCUT2D eigenvalue weighted by Crippen LogP contribution is -2.51. The molecule has 0 spiro atoms. The molecule has 0 N–H and O–H groups in total. The van der Waals surface area contributed by atoms with Crippen LogP contribution in [0, 0.1) is 0 Å². The summed E-state index contributed by atoms with van der Waals surface area (Å²) in [5.74, 6) is -0.190. The van der Waals surface area contributed by atoms with Gasteiger partial charge < -0.3 is 4.90 Å². The number of nitrogens with zero attached hydrogens (tertiary/aromatic N) is 3. The molecule has 0 unspecified atom stereocenters. The predicted molar refractivity (Wildman–Crippen MR) is 144 cm³/mol. The molecule has 3 heterocycles. The summed E-state index contributed by atoms with van der Waals surface area (Å²) in [7, 11) is 0. The van der Waals surface area contributed by atoms with Gasteiger partial charge in [-0.1, -0.05) is 42.3 Å². The third-order valence-corrected chi connectivity index (χ3v) is 8.21. The fraction of sp³-hybridized carbons (Fsp3) is 0.467. The maximum atomic E-state index is 13.0. The van der Waals surface area contributed by atoms with Gasteiger partial charge >= 0.3 is 0 Å². The summed E-state index contributed by atoms with van der Waals surface area (Å²) in [6.07, 6.45) is 7.19. The maximum absolute atomic E-state index is 13.0. The Morgan fingerprint density at radius 1 is 0.921 bits per heavy atom. The van der Waals surface area contributed by atoms with Crippen molar-refractivity contribution in [3.8, 4) is 0 Å². The van der Waals surface area contributed by atoms with Crippen LogP contribution in [0.1, 0.15) is 90.8 Å². The number of hydrogen-bond acceptors (Lipinski definition) is 4. The van der Waals surface area contributed by atoms with E-state index < -0.39 is 0 Å². The summed E-state index contributed by atoms with van der Waals surface area (Å²) in [6.45, 7) is 1.85. The van der Waals surface area contributed by atoms with Gasteiger partial charge in [0.05, 0.1) is 6.54 Å². The zero-order chi connectivity index (χ0) is 26.6. The van der Waals surface area contributed by atoms with Crippen molar-refractivity contribution in [2.24, 2.45) is 0 Å². The molecule has 7 nitrogen and oxygen atoms in total. The Labute approximate surface area is 228 Å². The highest BCUT2D eigenvalue weighted by Crippen LogP contribution is 2.30. The van der Waals surface area contributed by atoms with Crippen LogP contribution in [0.5, 0.6) is 0 Å². The Bertz CT molecular complexity index is 1220. The fourth-order valence-electron chi connectivity index (χ4n) is 5.82. The van der Waals surface area contributed by atoms with E-state index in [1.807, 2.05) is 41.3 Å². The number of hydrazine groups is 1. The zero-order valence-electron chi connectivity index (χ0n) is 21.7. The summed E-state index contributed by atoms with van der Waals surface area (Å²) in [6, 6.07) is 13.9. The van der Waals surface area contributed by atoms with Crippen LogP contribution >= 0.6 is 11.6 Å².